The fourth-order valence-electron chi connectivity index (χ4n) is 3.99. The van der Waals surface area contributed by atoms with Crippen LogP contribution in [0.15, 0.2) is 55.1 Å². The Morgan fingerprint density at radius 1 is 0.931 bits per heavy atom. The molecule has 0 saturated carbocycles. The number of halogens is 2. The van der Waals surface area contributed by atoms with Crippen molar-refractivity contribution in [1.29, 1.82) is 0 Å². The molecule has 3 heteroatoms. The summed E-state index contributed by atoms with van der Waals surface area (Å²) in [5, 5.41) is 0. The van der Waals surface area contributed by atoms with E-state index in [-0.39, 0.29) is 51.0 Å². The topological polar surface area (TPSA) is 0 Å². The van der Waals surface area contributed by atoms with Gasteiger partial charge in [-0.25, -0.2) is 0 Å². The summed E-state index contributed by atoms with van der Waals surface area (Å²) in [5.74, 6) is 0.449. The number of hydrogen-bond donors (Lipinski definition) is 0. The summed E-state index contributed by atoms with van der Waals surface area (Å²) in [6.45, 7) is 14.9. The molecule has 0 bridgehead atoms. The molecule has 1 aliphatic rings. The molecule has 3 aromatic rings. The molecule has 3 aromatic carbocycles. The molecule has 0 amide bonds. The summed E-state index contributed by atoms with van der Waals surface area (Å²) in [6, 6.07) is 18.3. The molecule has 0 N–H and O–H groups in total. The molecule has 29 heavy (non-hydrogen) atoms. The molecule has 0 nitrogen and oxygen atoms in total. The average Bonchev–Trinajstić information content (AvgIpc) is 3.07. The van der Waals surface area contributed by atoms with Crippen molar-refractivity contribution < 1.29 is 51.0 Å². The number of rotatable bonds is 2. The fourth-order valence-corrected chi connectivity index (χ4v) is 3.99. The first-order chi connectivity index (χ1) is 12.5. The minimum atomic E-state index is 0. The van der Waals surface area contributed by atoms with E-state index in [1.165, 1.54) is 50.1 Å². The Morgan fingerprint density at radius 3 is 2.00 bits per heavy atom. The summed E-state index contributed by atoms with van der Waals surface area (Å²) in [5.41, 5.74) is 12.8. The SMILES string of the molecule is C=CCC1c2[c-]cccc2-c2ccccc21.Cc1c(C)c(C)[c-](C)c1C.[Cl-].[Cl-].[Zr+4]. The van der Waals surface area contributed by atoms with Crippen LogP contribution in [0.25, 0.3) is 11.1 Å². The van der Waals surface area contributed by atoms with Gasteiger partial charge in [0.25, 0.3) is 0 Å². The quantitative estimate of drug-likeness (QED) is 0.364. The van der Waals surface area contributed by atoms with Gasteiger partial charge in [-0.3, -0.25) is 0 Å². The standard InChI is InChI=1S/C16H13.C10H15.2ClH.Zr/c1-2-7-12-13-8-3-5-10-15(13)16-11-6-4-9-14(12)16;1-6-7(2)9(4)10(5)8(6)3;;;/h2-6,8,10-12H,1,7H2;1-5H3;2*1H;/q2*-1;;;+4/p-2. The Bertz CT molecular complexity index is 828. The van der Waals surface area contributed by atoms with Gasteiger partial charge >= 0.3 is 26.2 Å². The molecular weight excluding hydrogens is 474 g/mol. The third-order valence-corrected chi connectivity index (χ3v) is 6.08. The molecule has 0 spiro atoms. The molecule has 0 saturated heterocycles. The largest absolute Gasteiger partial charge is 4.00 e. The molecule has 0 radical (unpaired) electrons. The van der Waals surface area contributed by atoms with Crippen LogP contribution in [0.5, 0.6) is 0 Å². The van der Waals surface area contributed by atoms with Crippen molar-refractivity contribution in [3.05, 3.63) is 100 Å². The second-order valence-electron chi connectivity index (χ2n) is 7.29. The molecule has 1 unspecified atom stereocenters. The van der Waals surface area contributed by atoms with Gasteiger partial charge in [0.2, 0.25) is 0 Å². The van der Waals surface area contributed by atoms with E-state index in [4.69, 9.17) is 0 Å². The number of hydrogen-bond acceptors (Lipinski definition) is 0. The van der Waals surface area contributed by atoms with Crippen LogP contribution in [-0.2, 0) is 26.2 Å². The molecular formula is C26H28Cl2Zr. The van der Waals surface area contributed by atoms with Crippen molar-refractivity contribution in [2.75, 3.05) is 0 Å². The minimum Gasteiger partial charge on any atom is -1.00 e. The fraction of sp³-hybridized carbons (Fsp3) is 0.269. The predicted molar refractivity (Wildman–Crippen MR) is 113 cm³/mol. The van der Waals surface area contributed by atoms with E-state index < -0.39 is 0 Å². The van der Waals surface area contributed by atoms with E-state index in [1.54, 1.807) is 0 Å². The van der Waals surface area contributed by atoms with E-state index in [1.807, 2.05) is 12.1 Å². The molecule has 0 aliphatic heterocycles. The summed E-state index contributed by atoms with van der Waals surface area (Å²) in [4.78, 5) is 0. The second kappa shape index (κ2) is 12.0. The van der Waals surface area contributed by atoms with Gasteiger partial charge in [0.1, 0.15) is 0 Å². The van der Waals surface area contributed by atoms with Gasteiger partial charge in [0.05, 0.1) is 0 Å². The summed E-state index contributed by atoms with van der Waals surface area (Å²) < 4.78 is 0. The van der Waals surface area contributed by atoms with E-state index in [9.17, 15) is 0 Å². The van der Waals surface area contributed by atoms with Crippen molar-refractivity contribution in [2.45, 2.75) is 47.0 Å². The van der Waals surface area contributed by atoms with Crippen LogP contribution in [-0.4, -0.2) is 0 Å². The van der Waals surface area contributed by atoms with E-state index in [2.05, 4.69) is 83.7 Å². The van der Waals surface area contributed by atoms with Gasteiger partial charge in [-0.2, -0.15) is 52.1 Å². The molecule has 1 atom stereocenters. The monoisotopic (exact) mass is 500 g/mol. The summed E-state index contributed by atoms with van der Waals surface area (Å²) in [7, 11) is 0. The average molecular weight is 503 g/mol. The first kappa shape index (κ1) is 28.0. The Balaban J connectivity index is 0.000000535. The summed E-state index contributed by atoms with van der Waals surface area (Å²) >= 11 is 0. The van der Waals surface area contributed by atoms with Gasteiger partial charge in [-0.1, -0.05) is 70.5 Å². The molecule has 0 fully saturated rings. The van der Waals surface area contributed by atoms with E-state index in [0.29, 0.717) is 5.92 Å². The van der Waals surface area contributed by atoms with Gasteiger partial charge < -0.3 is 24.8 Å². The number of allylic oxidation sites excluding steroid dienone is 1. The van der Waals surface area contributed by atoms with Crippen LogP contribution < -0.4 is 24.8 Å². The van der Waals surface area contributed by atoms with Crippen LogP contribution in [0, 0.1) is 40.7 Å². The van der Waals surface area contributed by atoms with Gasteiger partial charge in [-0.05, 0) is 17.9 Å². The molecule has 1 aliphatic carbocycles. The van der Waals surface area contributed by atoms with Crippen LogP contribution in [0.2, 0.25) is 0 Å². The van der Waals surface area contributed by atoms with Crippen molar-refractivity contribution in [2.24, 2.45) is 0 Å². The maximum absolute atomic E-state index is 3.86. The van der Waals surface area contributed by atoms with Crippen LogP contribution in [0.1, 0.15) is 51.3 Å². The Morgan fingerprint density at radius 2 is 1.48 bits per heavy atom. The molecule has 4 rings (SSSR count). The normalized spacial score (nSPS) is 12.8. The zero-order valence-electron chi connectivity index (χ0n) is 17.9. The first-order valence-electron chi connectivity index (χ1n) is 9.37. The zero-order valence-corrected chi connectivity index (χ0v) is 21.8. The maximum atomic E-state index is 3.86. The van der Waals surface area contributed by atoms with Crippen molar-refractivity contribution in [3.8, 4) is 11.1 Å². The third kappa shape index (κ3) is 5.38. The van der Waals surface area contributed by atoms with Crippen LogP contribution >= 0.6 is 0 Å². The summed E-state index contributed by atoms with van der Waals surface area (Å²) in [6.07, 6.45) is 2.99. The third-order valence-electron chi connectivity index (χ3n) is 6.08. The second-order valence-corrected chi connectivity index (χ2v) is 7.29. The zero-order chi connectivity index (χ0) is 18.8. The van der Waals surface area contributed by atoms with E-state index >= 15 is 0 Å². The van der Waals surface area contributed by atoms with Crippen molar-refractivity contribution in [3.63, 3.8) is 0 Å². The van der Waals surface area contributed by atoms with Gasteiger partial charge in [0.15, 0.2) is 0 Å². The molecule has 150 valence electrons. The Labute approximate surface area is 208 Å². The Hall–Kier alpha value is -1.01. The molecule has 0 aromatic heterocycles. The number of fused-ring (bicyclic) bond motifs is 3. The van der Waals surface area contributed by atoms with Crippen molar-refractivity contribution >= 4 is 0 Å². The van der Waals surface area contributed by atoms with Gasteiger partial charge in [-0.15, -0.1) is 17.7 Å². The maximum Gasteiger partial charge on any atom is 4.00 e. The van der Waals surface area contributed by atoms with Crippen LogP contribution in [0.3, 0.4) is 0 Å². The molecule has 0 heterocycles. The smallest absolute Gasteiger partial charge is 1.00 e. The van der Waals surface area contributed by atoms with Gasteiger partial charge in [0, 0.05) is 0 Å². The number of benzene rings is 2. The van der Waals surface area contributed by atoms with Crippen LogP contribution in [0.4, 0.5) is 0 Å². The van der Waals surface area contributed by atoms with E-state index in [0.717, 1.165) is 6.42 Å². The predicted octanol–water partition coefficient (Wildman–Crippen LogP) is 1.13. The van der Waals surface area contributed by atoms with Crippen molar-refractivity contribution in [1.82, 2.24) is 0 Å². The minimum absolute atomic E-state index is 0. The Kier molecular flexibility index (Phi) is 11.6. The first-order valence-corrected chi connectivity index (χ1v) is 9.37.